The standard InChI is InChI=1S/C20H22ClFN2O2S/c1-26-19-5-3-2-4-18(19)23-8-10-24(11-9-23)20(25)14-27-13-15-6-7-16(21)12-17(15)22/h2-7,12H,8-11,13-14H2,1H3. The van der Waals surface area contributed by atoms with E-state index in [4.69, 9.17) is 16.3 Å². The van der Waals surface area contributed by atoms with Crippen LogP contribution in [0.1, 0.15) is 5.56 Å². The van der Waals surface area contributed by atoms with Crippen molar-refractivity contribution in [3.05, 3.63) is 58.9 Å². The quantitative estimate of drug-likeness (QED) is 0.721. The number of piperazine rings is 1. The molecule has 1 heterocycles. The molecule has 0 saturated carbocycles. The van der Waals surface area contributed by atoms with Crippen LogP contribution in [0.2, 0.25) is 5.02 Å². The Morgan fingerprint density at radius 2 is 1.93 bits per heavy atom. The van der Waals surface area contributed by atoms with E-state index in [-0.39, 0.29) is 11.7 Å². The molecule has 2 aromatic rings. The molecule has 0 spiro atoms. The molecule has 1 aliphatic rings. The van der Waals surface area contributed by atoms with Gasteiger partial charge in [0.1, 0.15) is 11.6 Å². The van der Waals surface area contributed by atoms with Crippen molar-refractivity contribution in [2.45, 2.75) is 5.75 Å². The highest BCUT2D eigenvalue weighted by Gasteiger charge is 2.22. The number of amides is 1. The highest BCUT2D eigenvalue weighted by atomic mass is 35.5. The van der Waals surface area contributed by atoms with E-state index < -0.39 is 0 Å². The number of rotatable bonds is 6. The predicted molar refractivity (Wildman–Crippen MR) is 109 cm³/mol. The molecule has 3 rings (SSSR count). The molecule has 0 atom stereocenters. The van der Waals surface area contributed by atoms with Gasteiger partial charge in [-0.3, -0.25) is 4.79 Å². The highest BCUT2D eigenvalue weighted by molar-refractivity contribution is 7.99. The summed E-state index contributed by atoms with van der Waals surface area (Å²) < 4.78 is 19.2. The smallest absolute Gasteiger partial charge is 0.232 e. The highest BCUT2D eigenvalue weighted by Crippen LogP contribution is 2.28. The van der Waals surface area contributed by atoms with Crippen LogP contribution in [0.3, 0.4) is 0 Å². The second-order valence-corrected chi connectivity index (χ2v) is 7.69. The third-order valence-corrected chi connectivity index (χ3v) is 5.76. The van der Waals surface area contributed by atoms with Crippen molar-refractivity contribution in [1.82, 2.24) is 4.90 Å². The van der Waals surface area contributed by atoms with Crippen LogP contribution in [0.25, 0.3) is 0 Å². The first-order chi connectivity index (χ1) is 13.1. The van der Waals surface area contributed by atoms with Crippen molar-refractivity contribution in [1.29, 1.82) is 0 Å². The summed E-state index contributed by atoms with van der Waals surface area (Å²) in [5, 5.41) is 0.380. The van der Waals surface area contributed by atoms with Crippen LogP contribution in [0.15, 0.2) is 42.5 Å². The van der Waals surface area contributed by atoms with E-state index in [0.29, 0.717) is 35.2 Å². The number of halogens is 2. The molecule has 1 aliphatic heterocycles. The van der Waals surface area contributed by atoms with Gasteiger partial charge in [0.25, 0.3) is 0 Å². The molecule has 0 aromatic heterocycles. The van der Waals surface area contributed by atoms with Crippen LogP contribution in [0, 0.1) is 5.82 Å². The Kier molecular flexibility index (Phi) is 6.85. The monoisotopic (exact) mass is 408 g/mol. The molecular formula is C20H22ClFN2O2S. The number of anilines is 1. The van der Waals surface area contributed by atoms with Gasteiger partial charge in [-0.05, 0) is 29.8 Å². The van der Waals surface area contributed by atoms with Gasteiger partial charge in [0.05, 0.1) is 18.6 Å². The number of hydrogen-bond donors (Lipinski definition) is 0. The summed E-state index contributed by atoms with van der Waals surface area (Å²) >= 11 is 7.18. The Bertz CT molecular complexity index is 797. The lowest BCUT2D eigenvalue weighted by Crippen LogP contribution is -2.49. The number of methoxy groups -OCH3 is 1. The zero-order chi connectivity index (χ0) is 19.2. The van der Waals surface area contributed by atoms with Crippen molar-refractivity contribution in [3.63, 3.8) is 0 Å². The Morgan fingerprint density at radius 3 is 2.63 bits per heavy atom. The minimum Gasteiger partial charge on any atom is -0.495 e. The lowest BCUT2D eigenvalue weighted by Gasteiger charge is -2.36. The number of benzene rings is 2. The van der Waals surface area contributed by atoms with Gasteiger partial charge in [-0.25, -0.2) is 4.39 Å². The zero-order valence-corrected chi connectivity index (χ0v) is 16.7. The number of para-hydroxylation sites is 2. The molecule has 1 fully saturated rings. The van der Waals surface area contributed by atoms with Gasteiger partial charge in [0, 0.05) is 37.0 Å². The number of hydrogen-bond acceptors (Lipinski definition) is 4. The first-order valence-corrected chi connectivity index (χ1v) is 10.3. The third kappa shape index (κ3) is 5.08. The predicted octanol–water partition coefficient (Wildman–Crippen LogP) is 4.07. The summed E-state index contributed by atoms with van der Waals surface area (Å²) in [6, 6.07) is 12.5. The SMILES string of the molecule is COc1ccccc1N1CCN(C(=O)CSCc2ccc(Cl)cc2F)CC1. The number of thioether (sulfide) groups is 1. The van der Waals surface area contributed by atoms with Gasteiger partial charge in [-0.1, -0.05) is 29.8 Å². The van der Waals surface area contributed by atoms with E-state index in [2.05, 4.69) is 4.90 Å². The van der Waals surface area contributed by atoms with Crippen molar-refractivity contribution >= 4 is 35.0 Å². The van der Waals surface area contributed by atoms with Crippen molar-refractivity contribution in [2.75, 3.05) is 43.9 Å². The maximum Gasteiger partial charge on any atom is 0.232 e. The van der Waals surface area contributed by atoms with E-state index in [1.54, 1.807) is 19.2 Å². The van der Waals surface area contributed by atoms with Gasteiger partial charge in [-0.2, -0.15) is 0 Å². The summed E-state index contributed by atoms with van der Waals surface area (Å²) in [4.78, 5) is 16.5. The van der Waals surface area contributed by atoms with Gasteiger partial charge in [0.2, 0.25) is 5.91 Å². The number of carbonyl (C=O) groups excluding carboxylic acids is 1. The average Bonchev–Trinajstić information content (AvgIpc) is 2.69. The molecule has 27 heavy (non-hydrogen) atoms. The molecule has 2 aromatic carbocycles. The first kappa shape index (κ1) is 19.8. The summed E-state index contributed by atoms with van der Waals surface area (Å²) in [6.45, 7) is 2.88. The summed E-state index contributed by atoms with van der Waals surface area (Å²) in [6.07, 6.45) is 0. The topological polar surface area (TPSA) is 32.8 Å². The van der Waals surface area contributed by atoms with Crippen LogP contribution in [-0.2, 0) is 10.5 Å². The fraction of sp³-hybridized carbons (Fsp3) is 0.350. The molecule has 144 valence electrons. The normalized spacial score (nSPS) is 14.3. The molecule has 0 radical (unpaired) electrons. The van der Waals surface area contributed by atoms with E-state index >= 15 is 0 Å². The molecule has 0 unspecified atom stereocenters. The first-order valence-electron chi connectivity index (χ1n) is 8.76. The van der Waals surface area contributed by atoms with E-state index in [1.807, 2.05) is 29.2 Å². The molecule has 7 heteroatoms. The summed E-state index contributed by atoms with van der Waals surface area (Å²) in [7, 11) is 1.67. The zero-order valence-electron chi connectivity index (χ0n) is 15.2. The fourth-order valence-electron chi connectivity index (χ4n) is 3.07. The van der Waals surface area contributed by atoms with Crippen LogP contribution in [0.5, 0.6) is 5.75 Å². The van der Waals surface area contributed by atoms with Gasteiger partial charge in [0.15, 0.2) is 0 Å². The van der Waals surface area contributed by atoms with Crippen molar-refractivity contribution < 1.29 is 13.9 Å². The van der Waals surface area contributed by atoms with Crippen molar-refractivity contribution in [2.24, 2.45) is 0 Å². The van der Waals surface area contributed by atoms with Gasteiger partial charge < -0.3 is 14.5 Å². The maximum absolute atomic E-state index is 13.8. The van der Waals surface area contributed by atoms with E-state index in [9.17, 15) is 9.18 Å². The summed E-state index contributed by atoms with van der Waals surface area (Å²) in [5.74, 6) is 1.41. The molecule has 1 saturated heterocycles. The second-order valence-electron chi connectivity index (χ2n) is 6.27. The Labute approximate surface area is 168 Å². The molecule has 1 amide bonds. The van der Waals surface area contributed by atoms with E-state index in [0.717, 1.165) is 24.5 Å². The van der Waals surface area contributed by atoms with Crippen LogP contribution in [-0.4, -0.2) is 49.8 Å². The lowest BCUT2D eigenvalue weighted by atomic mass is 10.2. The molecule has 0 N–H and O–H groups in total. The second kappa shape index (κ2) is 9.33. The molecule has 4 nitrogen and oxygen atoms in total. The van der Waals surface area contributed by atoms with Gasteiger partial charge in [-0.15, -0.1) is 11.8 Å². The Hall–Kier alpha value is -1.92. The fourth-order valence-corrected chi connectivity index (χ4v) is 4.14. The Balaban J connectivity index is 1.47. The summed E-state index contributed by atoms with van der Waals surface area (Å²) in [5.41, 5.74) is 1.62. The number of ether oxygens (including phenoxy) is 1. The third-order valence-electron chi connectivity index (χ3n) is 4.56. The largest absolute Gasteiger partial charge is 0.495 e. The number of nitrogens with zero attached hydrogens (tertiary/aromatic N) is 2. The average molecular weight is 409 g/mol. The van der Waals surface area contributed by atoms with Crippen molar-refractivity contribution in [3.8, 4) is 5.75 Å². The molecular weight excluding hydrogens is 387 g/mol. The maximum atomic E-state index is 13.8. The molecule has 0 aliphatic carbocycles. The lowest BCUT2D eigenvalue weighted by molar-refractivity contribution is -0.128. The minimum atomic E-state index is -0.326. The Morgan fingerprint density at radius 1 is 1.19 bits per heavy atom. The van der Waals surface area contributed by atoms with Crippen LogP contribution < -0.4 is 9.64 Å². The number of carbonyl (C=O) groups is 1. The van der Waals surface area contributed by atoms with Gasteiger partial charge >= 0.3 is 0 Å². The van der Waals surface area contributed by atoms with E-state index in [1.165, 1.54) is 17.8 Å². The van der Waals surface area contributed by atoms with Crippen LogP contribution >= 0.6 is 23.4 Å². The minimum absolute atomic E-state index is 0.0917. The van der Waals surface area contributed by atoms with Crippen LogP contribution in [0.4, 0.5) is 10.1 Å². The molecule has 0 bridgehead atoms.